The van der Waals surface area contributed by atoms with Crippen molar-refractivity contribution in [3.05, 3.63) is 46.3 Å². The average molecular weight is 341 g/mol. The second-order valence-electron chi connectivity index (χ2n) is 4.40. The first kappa shape index (κ1) is 16.4. The zero-order valence-electron chi connectivity index (χ0n) is 12.3. The number of halogens is 2. The fraction of sp³-hybridized carbons (Fsp3) is 0.200. The fourth-order valence-corrected chi connectivity index (χ4v) is 2.36. The summed E-state index contributed by atoms with van der Waals surface area (Å²) in [5.74, 6) is -0.582. The van der Waals surface area contributed by atoms with Crippen LogP contribution in [0.1, 0.15) is 5.69 Å². The number of carbonyl (C=O) groups excluding carboxylic acids is 1. The summed E-state index contributed by atoms with van der Waals surface area (Å²) < 4.78 is 11.0. The third-order valence-electron chi connectivity index (χ3n) is 2.99. The second kappa shape index (κ2) is 6.85. The fourth-order valence-electron chi connectivity index (χ4n) is 1.94. The molecule has 0 bridgehead atoms. The largest absolute Gasteiger partial charge is 0.502 e. The number of methoxy groups -OCH3 is 2. The molecule has 0 fully saturated rings. The third-order valence-corrected chi connectivity index (χ3v) is 3.68. The Balaban J connectivity index is 2.59. The SMILES string of the molecule is CO/C=C(\C(=O)OC)n1nc(-c2cccc(Cl)c2)c(Cl)c1C. The maximum atomic E-state index is 11.9. The Morgan fingerprint density at radius 2 is 2.05 bits per heavy atom. The summed E-state index contributed by atoms with van der Waals surface area (Å²) in [6.45, 7) is 1.75. The van der Waals surface area contributed by atoms with Crippen molar-refractivity contribution in [2.45, 2.75) is 6.92 Å². The first-order chi connectivity index (χ1) is 10.5. The predicted octanol–water partition coefficient (Wildman–Crippen LogP) is 3.78. The zero-order chi connectivity index (χ0) is 16.3. The van der Waals surface area contributed by atoms with Crippen molar-refractivity contribution in [2.24, 2.45) is 0 Å². The number of esters is 1. The first-order valence-electron chi connectivity index (χ1n) is 6.32. The van der Waals surface area contributed by atoms with Crippen LogP contribution in [-0.4, -0.2) is 30.0 Å². The van der Waals surface area contributed by atoms with Crippen molar-refractivity contribution in [3.8, 4) is 11.3 Å². The molecule has 0 unspecified atom stereocenters. The minimum Gasteiger partial charge on any atom is -0.502 e. The molecular formula is C15H14Cl2N2O3. The lowest BCUT2D eigenvalue weighted by Crippen LogP contribution is -2.13. The Hall–Kier alpha value is -1.98. The number of hydrogen-bond acceptors (Lipinski definition) is 4. The average Bonchev–Trinajstić information content (AvgIpc) is 2.80. The standard InChI is InChI=1S/C15H14Cl2N2O3/c1-9-13(17)14(10-5-4-6-11(16)7-10)18-19(9)12(8-21-2)15(20)22-3/h4-8H,1-3H3/b12-8+. The quantitative estimate of drug-likeness (QED) is 0.482. The van der Waals surface area contributed by atoms with Crippen molar-refractivity contribution < 1.29 is 14.3 Å². The van der Waals surface area contributed by atoms with Crippen molar-refractivity contribution in [1.29, 1.82) is 0 Å². The summed E-state index contributed by atoms with van der Waals surface area (Å²) in [4.78, 5) is 11.9. The molecule has 7 heteroatoms. The Morgan fingerprint density at radius 3 is 2.64 bits per heavy atom. The number of ether oxygens (including phenoxy) is 2. The van der Waals surface area contributed by atoms with Gasteiger partial charge in [-0.1, -0.05) is 35.3 Å². The van der Waals surface area contributed by atoms with Gasteiger partial charge in [0.15, 0.2) is 5.70 Å². The summed E-state index contributed by atoms with van der Waals surface area (Å²) in [6, 6.07) is 7.14. The van der Waals surface area contributed by atoms with Gasteiger partial charge in [-0.15, -0.1) is 0 Å². The number of hydrogen-bond donors (Lipinski definition) is 0. The molecular weight excluding hydrogens is 327 g/mol. The van der Waals surface area contributed by atoms with Gasteiger partial charge < -0.3 is 9.47 Å². The van der Waals surface area contributed by atoms with Crippen LogP contribution in [-0.2, 0) is 14.3 Å². The molecule has 0 spiro atoms. The van der Waals surface area contributed by atoms with Crippen molar-refractivity contribution in [1.82, 2.24) is 9.78 Å². The molecule has 1 aromatic carbocycles. The van der Waals surface area contributed by atoms with Crippen molar-refractivity contribution in [2.75, 3.05) is 14.2 Å². The zero-order valence-corrected chi connectivity index (χ0v) is 13.8. The number of rotatable bonds is 4. The Kier molecular flexibility index (Phi) is 5.11. The molecule has 0 saturated heterocycles. The topological polar surface area (TPSA) is 53.4 Å². The van der Waals surface area contributed by atoms with Gasteiger partial charge in [-0.2, -0.15) is 5.10 Å². The van der Waals surface area contributed by atoms with Gasteiger partial charge in [-0.3, -0.25) is 0 Å². The van der Waals surface area contributed by atoms with E-state index in [0.717, 1.165) is 5.56 Å². The number of benzene rings is 1. The smallest absolute Gasteiger partial charge is 0.359 e. The molecule has 0 N–H and O–H groups in total. The van der Waals surface area contributed by atoms with Gasteiger partial charge in [0.1, 0.15) is 12.0 Å². The summed E-state index contributed by atoms with van der Waals surface area (Å²) in [6.07, 6.45) is 1.25. The van der Waals surface area contributed by atoms with Gasteiger partial charge in [0, 0.05) is 10.6 Å². The summed E-state index contributed by atoms with van der Waals surface area (Å²) in [5.41, 5.74) is 1.98. The highest BCUT2D eigenvalue weighted by molar-refractivity contribution is 6.34. The number of aromatic nitrogens is 2. The second-order valence-corrected chi connectivity index (χ2v) is 5.21. The Bertz CT molecular complexity index is 738. The van der Waals surface area contributed by atoms with E-state index in [9.17, 15) is 4.79 Å². The van der Waals surface area contributed by atoms with Gasteiger partial charge in [0.05, 0.1) is 24.9 Å². The van der Waals surface area contributed by atoms with Crippen LogP contribution >= 0.6 is 23.2 Å². The monoisotopic (exact) mass is 340 g/mol. The molecule has 0 aliphatic carbocycles. The molecule has 1 aromatic heterocycles. The molecule has 0 aliphatic rings. The first-order valence-corrected chi connectivity index (χ1v) is 7.08. The van der Waals surface area contributed by atoms with Crippen LogP contribution in [0.3, 0.4) is 0 Å². The highest BCUT2D eigenvalue weighted by atomic mass is 35.5. The lowest BCUT2D eigenvalue weighted by atomic mass is 10.1. The van der Waals surface area contributed by atoms with Crippen molar-refractivity contribution in [3.63, 3.8) is 0 Å². The van der Waals surface area contributed by atoms with Crippen LogP contribution in [0, 0.1) is 6.92 Å². The maximum Gasteiger partial charge on any atom is 0.359 e. The van der Waals surface area contributed by atoms with E-state index in [1.807, 2.05) is 6.07 Å². The minimum atomic E-state index is -0.582. The highest BCUT2D eigenvalue weighted by Crippen LogP contribution is 2.32. The van der Waals surface area contributed by atoms with E-state index in [2.05, 4.69) is 5.10 Å². The molecule has 0 aliphatic heterocycles. The maximum absolute atomic E-state index is 11.9. The summed E-state index contributed by atoms with van der Waals surface area (Å²) in [7, 11) is 2.71. The van der Waals surface area contributed by atoms with Crippen LogP contribution in [0.25, 0.3) is 17.0 Å². The Morgan fingerprint density at radius 1 is 1.32 bits per heavy atom. The summed E-state index contributed by atoms with van der Waals surface area (Å²) in [5, 5.41) is 5.38. The molecule has 1 heterocycles. The minimum absolute atomic E-state index is 0.123. The molecule has 0 radical (unpaired) electrons. The van der Waals surface area contributed by atoms with E-state index in [1.54, 1.807) is 25.1 Å². The Labute approximate surface area is 138 Å². The highest BCUT2D eigenvalue weighted by Gasteiger charge is 2.21. The van der Waals surface area contributed by atoms with E-state index >= 15 is 0 Å². The third kappa shape index (κ3) is 3.10. The van der Waals surface area contributed by atoms with Crippen LogP contribution in [0.5, 0.6) is 0 Å². The predicted molar refractivity (Wildman–Crippen MR) is 85.7 cm³/mol. The van der Waals surface area contributed by atoms with E-state index in [-0.39, 0.29) is 5.70 Å². The van der Waals surface area contributed by atoms with Gasteiger partial charge in [0.2, 0.25) is 0 Å². The van der Waals surface area contributed by atoms with Crippen LogP contribution < -0.4 is 0 Å². The van der Waals surface area contributed by atoms with E-state index in [4.69, 9.17) is 32.7 Å². The van der Waals surface area contributed by atoms with Crippen LogP contribution in [0.15, 0.2) is 30.5 Å². The van der Waals surface area contributed by atoms with E-state index in [1.165, 1.54) is 25.2 Å². The molecule has 2 rings (SSSR count). The number of nitrogens with zero attached hydrogens (tertiary/aromatic N) is 2. The van der Waals surface area contributed by atoms with Gasteiger partial charge in [-0.25, -0.2) is 9.48 Å². The lowest BCUT2D eigenvalue weighted by molar-refractivity contribution is -0.134. The van der Waals surface area contributed by atoms with Crippen LogP contribution in [0.4, 0.5) is 0 Å². The van der Waals surface area contributed by atoms with Crippen molar-refractivity contribution >= 4 is 34.9 Å². The molecule has 22 heavy (non-hydrogen) atoms. The molecule has 0 atom stereocenters. The molecule has 5 nitrogen and oxygen atoms in total. The summed E-state index contributed by atoms with van der Waals surface area (Å²) >= 11 is 12.3. The molecule has 2 aromatic rings. The van der Waals surface area contributed by atoms with Gasteiger partial charge >= 0.3 is 5.97 Å². The normalized spacial score (nSPS) is 11.4. The molecule has 116 valence electrons. The lowest BCUT2D eigenvalue weighted by Gasteiger charge is -2.07. The van der Waals surface area contributed by atoms with Gasteiger partial charge in [-0.05, 0) is 19.1 Å². The van der Waals surface area contributed by atoms with E-state index < -0.39 is 5.97 Å². The number of carbonyl (C=O) groups is 1. The van der Waals surface area contributed by atoms with Crippen LogP contribution in [0.2, 0.25) is 10.0 Å². The molecule has 0 saturated carbocycles. The van der Waals surface area contributed by atoms with E-state index in [0.29, 0.717) is 21.4 Å². The van der Waals surface area contributed by atoms with Gasteiger partial charge in [0.25, 0.3) is 0 Å². The molecule has 0 amide bonds.